The van der Waals surface area contributed by atoms with Crippen molar-refractivity contribution in [2.75, 3.05) is 12.4 Å². The third kappa shape index (κ3) is 3.02. The van der Waals surface area contributed by atoms with Gasteiger partial charge in [0.05, 0.1) is 19.2 Å². The number of aromatic nitrogens is 1. The fourth-order valence-electron chi connectivity index (χ4n) is 2.42. The van der Waals surface area contributed by atoms with Crippen molar-refractivity contribution in [3.63, 3.8) is 0 Å². The summed E-state index contributed by atoms with van der Waals surface area (Å²) in [5, 5.41) is 13.6. The van der Waals surface area contributed by atoms with Crippen LogP contribution in [0.5, 0.6) is 5.88 Å². The predicted octanol–water partition coefficient (Wildman–Crippen LogP) is 3.35. The van der Waals surface area contributed by atoms with E-state index in [1.54, 1.807) is 7.11 Å². The Morgan fingerprint density at radius 1 is 1.09 bits per heavy atom. The van der Waals surface area contributed by atoms with Crippen molar-refractivity contribution in [3.05, 3.63) is 65.7 Å². The molecular weight excluding hydrogens is 276 g/mol. The first-order valence-electron chi connectivity index (χ1n) is 7.16. The Morgan fingerprint density at radius 2 is 1.95 bits per heavy atom. The number of aliphatic hydroxyl groups excluding tert-OH is 1. The van der Waals surface area contributed by atoms with Crippen molar-refractivity contribution in [1.29, 1.82) is 0 Å². The molecule has 0 aliphatic rings. The maximum absolute atomic E-state index is 9.19. The summed E-state index contributed by atoms with van der Waals surface area (Å²) in [6.45, 7) is 0.645. The molecule has 0 unspecified atom stereocenters. The van der Waals surface area contributed by atoms with E-state index >= 15 is 0 Å². The number of anilines is 1. The molecule has 4 heteroatoms. The van der Waals surface area contributed by atoms with Gasteiger partial charge in [-0.15, -0.1) is 0 Å². The van der Waals surface area contributed by atoms with E-state index in [9.17, 15) is 5.11 Å². The summed E-state index contributed by atoms with van der Waals surface area (Å²) in [7, 11) is 1.63. The van der Waals surface area contributed by atoms with Crippen molar-refractivity contribution in [1.82, 2.24) is 4.98 Å². The molecule has 2 aromatic carbocycles. The van der Waals surface area contributed by atoms with Gasteiger partial charge in [0.25, 0.3) is 0 Å². The molecule has 22 heavy (non-hydrogen) atoms. The van der Waals surface area contributed by atoms with Crippen LogP contribution in [0.2, 0.25) is 0 Å². The van der Waals surface area contributed by atoms with Gasteiger partial charge in [-0.05, 0) is 29.8 Å². The maximum Gasteiger partial charge on any atom is 0.218 e. The minimum atomic E-state index is 0.0381. The molecule has 0 bridgehead atoms. The molecule has 0 atom stereocenters. The van der Waals surface area contributed by atoms with E-state index in [1.165, 1.54) is 0 Å². The predicted molar refractivity (Wildman–Crippen MR) is 88.0 cm³/mol. The Hall–Kier alpha value is -2.59. The summed E-state index contributed by atoms with van der Waals surface area (Å²) < 4.78 is 5.40. The van der Waals surface area contributed by atoms with Gasteiger partial charge in [0.2, 0.25) is 5.88 Å². The molecule has 0 aliphatic heterocycles. The molecule has 3 rings (SSSR count). The molecule has 0 aliphatic carbocycles. The van der Waals surface area contributed by atoms with Gasteiger partial charge >= 0.3 is 0 Å². The highest BCUT2D eigenvalue weighted by atomic mass is 16.5. The lowest BCUT2D eigenvalue weighted by Crippen LogP contribution is -2.03. The largest absolute Gasteiger partial charge is 0.481 e. The number of hydrogen-bond donors (Lipinski definition) is 2. The minimum Gasteiger partial charge on any atom is -0.481 e. The highest BCUT2D eigenvalue weighted by Gasteiger charge is 2.07. The van der Waals surface area contributed by atoms with Gasteiger partial charge in [-0.25, -0.2) is 4.98 Å². The molecule has 0 amide bonds. The Bertz CT molecular complexity index is 787. The lowest BCUT2D eigenvalue weighted by atomic mass is 10.1. The number of rotatable bonds is 5. The summed E-state index contributed by atoms with van der Waals surface area (Å²) in [5.41, 5.74) is 3.76. The standard InChI is InChI=1S/C18H18N2O2/c1-22-18-15(10-14-6-2-3-8-17(14)20-18)11-19-16-7-4-5-13(9-16)12-21/h2-10,19,21H,11-12H2,1H3. The number of benzene rings is 2. The number of ether oxygens (including phenoxy) is 1. The Balaban J connectivity index is 1.86. The third-order valence-electron chi connectivity index (χ3n) is 3.55. The van der Waals surface area contributed by atoms with E-state index in [-0.39, 0.29) is 6.61 Å². The fraction of sp³-hybridized carbons (Fsp3) is 0.167. The summed E-state index contributed by atoms with van der Waals surface area (Å²) in [5.74, 6) is 0.629. The van der Waals surface area contributed by atoms with Crippen molar-refractivity contribution in [2.45, 2.75) is 13.2 Å². The van der Waals surface area contributed by atoms with Gasteiger partial charge in [0.15, 0.2) is 0 Å². The molecule has 112 valence electrons. The monoisotopic (exact) mass is 294 g/mol. The van der Waals surface area contributed by atoms with E-state index in [0.717, 1.165) is 27.7 Å². The number of fused-ring (bicyclic) bond motifs is 1. The van der Waals surface area contributed by atoms with E-state index in [1.807, 2.05) is 48.5 Å². The Morgan fingerprint density at radius 3 is 2.77 bits per heavy atom. The molecule has 0 radical (unpaired) electrons. The SMILES string of the molecule is COc1nc2ccccc2cc1CNc1cccc(CO)c1. The maximum atomic E-state index is 9.19. The first kappa shape index (κ1) is 14.4. The first-order valence-corrected chi connectivity index (χ1v) is 7.16. The van der Waals surface area contributed by atoms with Gasteiger partial charge < -0.3 is 15.2 Å². The number of hydrogen-bond acceptors (Lipinski definition) is 4. The fourth-order valence-corrected chi connectivity index (χ4v) is 2.42. The van der Waals surface area contributed by atoms with Gasteiger partial charge in [0, 0.05) is 23.2 Å². The van der Waals surface area contributed by atoms with Gasteiger partial charge in [-0.1, -0.05) is 30.3 Å². The second kappa shape index (κ2) is 6.45. The lowest BCUT2D eigenvalue weighted by Gasteiger charge is -2.12. The molecule has 3 aromatic rings. The molecule has 1 aromatic heterocycles. The van der Waals surface area contributed by atoms with Crippen LogP contribution >= 0.6 is 0 Å². The average Bonchev–Trinajstić information content (AvgIpc) is 2.59. The molecular formula is C18H18N2O2. The number of para-hydroxylation sites is 1. The zero-order chi connectivity index (χ0) is 15.4. The Kier molecular flexibility index (Phi) is 4.21. The summed E-state index contributed by atoms with van der Waals surface area (Å²) >= 11 is 0. The normalized spacial score (nSPS) is 10.6. The number of aliphatic hydroxyl groups is 1. The lowest BCUT2D eigenvalue weighted by molar-refractivity contribution is 0.282. The van der Waals surface area contributed by atoms with Gasteiger partial charge in [0.1, 0.15) is 0 Å². The highest BCUT2D eigenvalue weighted by Crippen LogP contribution is 2.23. The summed E-state index contributed by atoms with van der Waals surface area (Å²) in [6, 6.07) is 17.8. The van der Waals surface area contributed by atoms with Crippen LogP contribution in [0.25, 0.3) is 10.9 Å². The van der Waals surface area contributed by atoms with Gasteiger partial charge in [-0.2, -0.15) is 0 Å². The van der Waals surface area contributed by atoms with Crippen molar-refractivity contribution < 1.29 is 9.84 Å². The van der Waals surface area contributed by atoms with E-state index in [0.29, 0.717) is 12.4 Å². The number of pyridine rings is 1. The van der Waals surface area contributed by atoms with Crippen LogP contribution in [0.4, 0.5) is 5.69 Å². The van der Waals surface area contributed by atoms with Crippen LogP contribution in [-0.2, 0) is 13.2 Å². The molecule has 1 heterocycles. The zero-order valence-corrected chi connectivity index (χ0v) is 12.4. The molecule has 0 saturated heterocycles. The van der Waals surface area contributed by atoms with Crippen LogP contribution in [0.3, 0.4) is 0 Å². The molecule has 0 spiro atoms. The van der Waals surface area contributed by atoms with Crippen molar-refractivity contribution in [3.8, 4) is 5.88 Å². The molecule has 0 saturated carbocycles. The summed E-state index contributed by atoms with van der Waals surface area (Å²) in [4.78, 5) is 4.54. The second-order valence-corrected chi connectivity index (χ2v) is 5.06. The van der Waals surface area contributed by atoms with Crippen molar-refractivity contribution >= 4 is 16.6 Å². The van der Waals surface area contributed by atoms with Crippen LogP contribution in [-0.4, -0.2) is 17.2 Å². The number of methoxy groups -OCH3 is 1. The van der Waals surface area contributed by atoms with E-state index in [2.05, 4.69) is 16.4 Å². The van der Waals surface area contributed by atoms with E-state index in [4.69, 9.17) is 4.74 Å². The first-order chi connectivity index (χ1) is 10.8. The highest BCUT2D eigenvalue weighted by molar-refractivity contribution is 5.80. The smallest absolute Gasteiger partial charge is 0.218 e. The van der Waals surface area contributed by atoms with E-state index < -0.39 is 0 Å². The van der Waals surface area contributed by atoms with Crippen LogP contribution < -0.4 is 10.1 Å². The second-order valence-electron chi connectivity index (χ2n) is 5.06. The quantitative estimate of drug-likeness (QED) is 0.757. The summed E-state index contributed by atoms with van der Waals surface area (Å²) in [6.07, 6.45) is 0. The van der Waals surface area contributed by atoms with Crippen LogP contribution in [0, 0.1) is 0 Å². The molecule has 2 N–H and O–H groups in total. The van der Waals surface area contributed by atoms with Gasteiger partial charge in [-0.3, -0.25) is 0 Å². The van der Waals surface area contributed by atoms with Crippen molar-refractivity contribution in [2.24, 2.45) is 0 Å². The number of nitrogens with zero attached hydrogens (tertiary/aromatic N) is 1. The average molecular weight is 294 g/mol. The zero-order valence-electron chi connectivity index (χ0n) is 12.4. The molecule has 4 nitrogen and oxygen atoms in total. The topological polar surface area (TPSA) is 54.4 Å². The Labute approximate surface area is 129 Å². The minimum absolute atomic E-state index is 0.0381. The molecule has 0 fully saturated rings. The number of nitrogens with one attached hydrogen (secondary N) is 1. The van der Waals surface area contributed by atoms with Crippen LogP contribution in [0.15, 0.2) is 54.6 Å². The van der Waals surface area contributed by atoms with Crippen LogP contribution in [0.1, 0.15) is 11.1 Å². The third-order valence-corrected chi connectivity index (χ3v) is 3.55.